The molecule has 0 bridgehead atoms. The zero-order valence-electron chi connectivity index (χ0n) is 32.2. The molecule has 0 aliphatic rings. The van der Waals surface area contributed by atoms with Crippen molar-refractivity contribution in [2.75, 3.05) is 26.2 Å². The normalized spacial score (nSPS) is 12.4. The lowest BCUT2D eigenvalue weighted by Gasteiger charge is -2.28. The maximum absolute atomic E-state index is 14.5. The molecule has 59 heavy (non-hydrogen) atoms. The molecule has 4 N–H and O–H groups in total. The molecular weight excluding hydrogens is 781 g/mol. The third-order valence-electron chi connectivity index (χ3n) is 9.69. The summed E-state index contributed by atoms with van der Waals surface area (Å²) >= 11 is 0. The van der Waals surface area contributed by atoms with Crippen molar-refractivity contribution in [1.29, 1.82) is 0 Å². The van der Waals surface area contributed by atoms with Crippen molar-refractivity contribution in [2.24, 2.45) is 0 Å². The van der Waals surface area contributed by atoms with Crippen LogP contribution in [0.25, 0.3) is 22.0 Å². The molecule has 0 radical (unpaired) electrons. The van der Waals surface area contributed by atoms with Crippen molar-refractivity contribution in [3.63, 3.8) is 0 Å². The number of alkyl halides is 3. The summed E-state index contributed by atoms with van der Waals surface area (Å²) in [5.41, 5.74) is 2.58. The van der Waals surface area contributed by atoms with E-state index in [1.807, 2.05) is 24.3 Å². The molecule has 0 aliphatic heterocycles. The lowest BCUT2D eigenvalue weighted by molar-refractivity contribution is -0.165. The Labute approximate surface area is 336 Å². The van der Waals surface area contributed by atoms with Crippen LogP contribution in [0.4, 0.5) is 22.0 Å². The zero-order chi connectivity index (χ0) is 43.4. The summed E-state index contributed by atoms with van der Waals surface area (Å²) in [5, 5.41) is 33.0. The Bertz CT molecular complexity index is 2260. The van der Waals surface area contributed by atoms with Gasteiger partial charge in [0, 0.05) is 36.8 Å². The monoisotopic (exact) mass is 825 g/mol. The van der Waals surface area contributed by atoms with E-state index in [-0.39, 0.29) is 42.8 Å². The van der Waals surface area contributed by atoms with Gasteiger partial charge in [0.25, 0.3) is 0 Å². The van der Waals surface area contributed by atoms with Gasteiger partial charge in [-0.1, -0.05) is 74.5 Å². The van der Waals surface area contributed by atoms with Crippen LogP contribution in [-0.2, 0) is 46.5 Å². The van der Waals surface area contributed by atoms with Gasteiger partial charge in [0.1, 0.15) is 6.54 Å². The topological polar surface area (TPSA) is 161 Å². The number of aromatic nitrogens is 1. The summed E-state index contributed by atoms with van der Waals surface area (Å²) in [6, 6.07) is 24.8. The standard InChI is InChI=1S/C39H38F5N3O2.C4H6O6/c1-3-45(4-2)22-23-46(25-27-12-14-28(15-13-27)29-16-19-31(20-17-29)39(42,43)44)37(49)26-47-32(21-18-30-8-7-10-34(40)38(30)41)24-36(48)33-9-5-6-11-35(33)47;5-1(3(7)8)2(6)4(9)10/h5-17,19-20,24H,3-4,18,21-23,25-26H2,1-2H3;1-2,5-6H,(H,7,8)(H,9,10). The maximum Gasteiger partial charge on any atom is 0.416 e. The zero-order valence-corrected chi connectivity index (χ0v) is 32.2. The first-order valence-corrected chi connectivity index (χ1v) is 18.6. The van der Waals surface area contributed by atoms with E-state index >= 15 is 0 Å². The van der Waals surface area contributed by atoms with Gasteiger partial charge >= 0.3 is 18.1 Å². The SMILES string of the molecule is CCN(CC)CCN(Cc1ccc(-c2ccc(C(F)(F)F)cc2)cc1)C(=O)Cn1c(CCc2cccc(F)c2F)cc(=O)c2ccccc21.O=C(O)C(O)C(O)C(=O)O. The Balaban J connectivity index is 0.000000680. The molecular formula is C43H44F5N3O8. The van der Waals surface area contributed by atoms with E-state index in [1.54, 1.807) is 33.7 Å². The van der Waals surface area contributed by atoms with E-state index in [0.29, 0.717) is 35.2 Å². The highest BCUT2D eigenvalue weighted by Gasteiger charge is 2.30. The highest BCUT2D eigenvalue weighted by molar-refractivity contribution is 5.83. The van der Waals surface area contributed by atoms with Gasteiger partial charge < -0.3 is 34.8 Å². The second kappa shape index (κ2) is 20.6. The number of benzene rings is 4. The maximum atomic E-state index is 14.5. The number of aliphatic carboxylic acids is 2. The fourth-order valence-electron chi connectivity index (χ4n) is 6.25. The second-order valence-corrected chi connectivity index (χ2v) is 13.5. The Hall–Kier alpha value is -5.97. The van der Waals surface area contributed by atoms with Crippen LogP contribution >= 0.6 is 0 Å². The molecule has 2 unspecified atom stereocenters. The number of pyridine rings is 1. The second-order valence-electron chi connectivity index (χ2n) is 13.5. The Morgan fingerprint density at radius 3 is 1.88 bits per heavy atom. The molecule has 314 valence electrons. The Morgan fingerprint density at radius 2 is 1.32 bits per heavy atom. The molecule has 11 nitrogen and oxygen atoms in total. The minimum absolute atomic E-state index is 0.0797. The quantitative estimate of drug-likeness (QED) is 0.0876. The van der Waals surface area contributed by atoms with Gasteiger partial charge in [-0.25, -0.2) is 18.4 Å². The molecule has 1 heterocycles. The summed E-state index contributed by atoms with van der Waals surface area (Å²) < 4.78 is 69.3. The lowest BCUT2D eigenvalue weighted by atomic mass is 10.0. The third kappa shape index (κ3) is 12.3. The van der Waals surface area contributed by atoms with Gasteiger partial charge in [-0.2, -0.15) is 13.2 Å². The van der Waals surface area contributed by atoms with Crippen molar-refractivity contribution in [3.05, 3.63) is 141 Å². The van der Waals surface area contributed by atoms with E-state index in [2.05, 4.69) is 18.7 Å². The molecule has 16 heteroatoms. The number of aryl methyl sites for hydroxylation is 2. The van der Waals surface area contributed by atoms with Crippen molar-refractivity contribution in [1.82, 2.24) is 14.4 Å². The summed E-state index contributed by atoms with van der Waals surface area (Å²) in [7, 11) is 0. The van der Waals surface area contributed by atoms with Gasteiger partial charge in [0.2, 0.25) is 5.91 Å². The van der Waals surface area contributed by atoms with Crippen LogP contribution in [0.15, 0.2) is 102 Å². The van der Waals surface area contributed by atoms with Crippen molar-refractivity contribution in [3.8, 4) is 11.1 Å². The first-order chi connectivity index (χ1) is 27.9. The third-order valence-corrected chi connectivity index (χ3v) is 9.69. The fourth-order valence-corrected chi connectivity index (χ4v) is 6.25. The number of nitrogens with zero attached hydrogens (tertiary/aromatic N) is 3. The number of aliphatic hydroxyl groups is 2. The Kier molecular flexibility index (Phi) is 16.0. The van der Waals surface area contributed by atoms with Crippen LogP contribution in [-0.4, -0.2) is 91.0 Å². The number of carboxylic acid groups (broad SMARTS) is 2. The van der Waals surface area contributed by atoms with Gasteiger partial charge in [-0.3, -0.25) is 9.59 Å². The van der Waals surface area contributed by atoms with Crippen molar-refractivity contribution >= 4 is 28.7 Å². The van der Waals surface area contributed by atoms with Crippen LogP contribution in [0, 0.1) is 11.6 Å². The number of aliphatic hydroxyl groups excluding tert-OH is 2. The molecule has 0 fully saturated rings. The summed E-state index contributed by atoms with van der Waals surface area (Å²) in [6.07, 6.45) is -8.61. The van der Waals surface area contributed by atoms with E-state index in [9.17, 15) is 41.1 Å². The molecule has 0 aliphatic carbocycles. The molecule has 2 atom stereocenters. The minimum atomic E-state index is -4.41. The number of carbonyl (C=O) groups excluding carboxylic acids is 1. The predicted octanol–water partition coefficient (Wildman–Crippen LogP) is 6.00. The number of likely N-dealkylation sites (N-methyl/N-ethyl adjacent to an activating group) is 1. The van der Waals surface area contributed by atoms with Crippen LogP contribution in [0.3, 0.4) is 0 Å². The largest absolute Gasteiger partial charge is 0.479 e. The fraction of sp³-hybridized carbons (Fsp3) is 0.302. The minimum Gasteiger partial charge on any atom is -0.479 e. The number of amides is 1. The van der Waals surface area contributed by atoms with Crippen molar-refractivity contribution < 1.29 is 56.8 Å². The first kappa shape index (κ1) is 45.7. The number of para-hydroxylation sites is 1. The number of carbonyl (C=O) groups is 3. The van der Waals surface area contributed by atoms with Crippen LogP contribution in [0.1, 0.15) is 36.2 Å². The smallest absolute Gasteiger partial charge is 0.416 e. The number of fused-ring (bicyclic) bond motifs is 1. The predicted molar refractivity (Wildman–Crippen MR) is 209 cm³/mol. The van der Waals surface area contributed by atoms with E-state index in [1.165, 1.54) is 30.3 Å². The molecule has 5 rings (SSSR count). The number of hydrogen-bond acceptors (Lipinski definition) is 7. The summed E-state index contributed by atoms with van der Waals surface area (Å²) in [5.74, 6) is -5.60. The summed E-state index contributed by atoms with van der Waals surface area (Å²) in [4.78, 5) is 50.8. The van der Waals surface area contributed by atoms with Gasteiger partial charge in [0.15, 0.2) is 29.3 Å². The number of hydrogen-bond donors (Lipinski definition) is 4. The average molecular weight is 826 g/mol. The Morgan fingerprint density at radius 1 is 0.746 bits per heavy atom. The molecule has 1 amide bonds. The van der Waals surface area contributed by atoms with Crippen LogP contribution < -0.4 is 5.43 Å². The van der Waals surface area contributed by atoms with E-state index < -0.39 is 47.5 Å². The summed E-state index contributed by atoms with van der Waals surface area (Å²) in [6.45, 7) is 7.00. The van der Waals surface area contributed by atoms with Gasteiger partial charge in [0.05, 0.1) is 11.1 Å². The number of halogens is 5. The molecule has 1 aromatic heterocycles. The first-order valence-electron chi connectivity index (χ1n) is 18.6. The molecule has 5 aromatic rings. The van der Waals surface area contributed by atoms with Gasteiger partial charge in [-0.05, 0) is 78.5 Å². The molecule has 0 saturated heterocycles. The highest BCUT2D eigenvalue weighted by Crippen LogP contribution is 2.31. The number of rotatable bonds is 16. The van der Waals surface area contributed by atoms with E-state index in [0.717, 1.165) is 42.4 Å². The number of carboxylic acids is 2. The molecule has 0 saturated carbocycles. The van der Waals surface area contributed by atoms with Crippen LogP contribution in [0.2, 0.25) is 0 Å². The molecule has 4 aromatic carbocycles. The van der Waals surface area contributed by atoms with Gasteiger partial charge in [-0.15, -0.1) is 0 Å². The van der Waals surface area contributed by atoms with Crippen molar-refractivity contribution in [2.45, 2.75) is 58.2 Å². The lowest BCUT2D eigenvalue weighted by Crippen LogP contribution is -2.40. The molecule has 0 spiro atoms. The highest BCUT2D eigenvalue weighted by atomic mass is 19.4. The van der Waals surface area contributed by atoms with E-state index in [4.69, 9.17) is 20.4 Å². The van der Waals surface area contributed by atoms with Crippen LogP contribution in [0.5, 0.6) is 0 Å². The average Bonchev–Trinajstić information content (AvgIpc) is 3.22.